The SMILES string of the molecule is COCC(c1ccccc1)C(N)C(C)C. The van der Waals surface area contributed by atoms with Gasteiger partial charge in [-0.3, -0.25) is 0 Å². The zero-order valence-electron chi connectivity index (χ0n) is 9.81. The average molecular weight is 207 g/mol. The molecular weight excluding hydrogens is 186 g/mol. The fourth-order valence-electron chi connectivity index (χ4n) is 1.77. The Morgan fingerprint density at radius 2 is 1.80 bits per heavy atom. The Kier molecular flexibility index (Phi) is 4.79. The van der Waals surface area contributed by atoms with Crippen LogP contribution in [0.2, 0.25) is 0 Å². The number of methoxy groups -OCH3 is 1. The summed E-state index contributed by atoms with van der Waals surface area (Å²) < 4.78 is 5.25. The Labute approximate surface area is 92.4 Å². The molecule has 1 aromatic carbocycles. The lowest BCUT2D eigenvalue weighted by Gasteiger charge is -2.26. The number of rotatable bonds is 5. The highest BCUT2D eigenvalue weighted by atomic mass is 16.5. The van der Waals surface area contributed by atoms with E-state index in [1.807, 2.05) is 18.2 Å². The van der Waals surface area contributed by atoms with E-state index in [2.05, 4.69) is 26.0 Å². The summed E-state index contributed by atoms with van der Waals surface area (Å²) in [5, 5.41) is 0. The van der Waals surface area contributed by atoms with Crippen molar-refractivity contribution in [2.45, 2.75) is 25.8 Å². The van der Waals surface area contributed by atoms with E-state index in [1.54, 1.807) is 7.11 Å². The summed E-state index contributed by atoms with van der Waals surface area (Å²) in [7, 11) is 1.73. The van der Waals surface area contributed by atoms with E-state index < -0.39 is 0 Å². The number of hydrogen-bond acceptors (Lipinski definition) is 2. The molecule has 2 nitrogen and oxygen atoms in total. The van der Waals surface area contributed by atoms with Gasteiger partial charge in [0.1, 0.15) is 0 Å². The summed E-state index contributed by atoms with van der Waals surface area (Å²) in [5.74, 6) is 0.751. The number of benzene rings is 1. The third-order valence-electron chi connectivity index (χ3n) is 2.81. The fraction of sp³-hybridized carbons (Fsp3) is 0.538. The molecule has 2 atom stereocenters. The lowest BCUT2D eigenvalue weighted by atomic mass is 9.86. The second kappa shape index (κ2) is 5.89. The van der Waals surface area contributed by atoms with E-state index in [-0.39, 0.29) is 12.0 Å². The van der Waals surface area contributed by atoms with E-state index in [0.29, 0.717) is 12.5 Å². The predicted octanol–water partition coefficient (Wildman–Crippen LogP) is 2.40. The quantitative estimate of drug-likeness (QED) is 0.804. The van der Waals surface area contributed by atoms with Crippen LogP contribution in [0.4, 0.5) is 0 Å². The van der Waals surface area contributed by atoms with Crippen LogP contribution in [0.5, 0.6) is 0 Å². The summed E-state index contributed by atoms with van der Waals surface area (Å²) in [6.07, 6.45) is 0. The van der Waals surface area contributed by atoms with Gasteiger partial charge in [-0.05, 0) is 11.5 Å². The van der Waals surface area contributed by atoms with Crippen molar-refractivity contribution in [2.24, 2.45) is 11.7 Å². The minimum absolute atomic E-state index is 0.146. The Hall–Kier alpha value is -0.860. The maximum Gasteiger partial charge on any atom is 0.0545 e. The molecule has 0 bridgehead atoms. The third-order valence-corrected chi connectivity index (χ3v) is 2.81. The molecule has 2 unspecified atom stereocenters. The highest BCUT2D eigenvalue weighted by Gasteiger charge is 2.22. The Balaban J connectivity index is 2.83. The molecule has 84 valence electrons. The second-order valence-electron chi connectivity index (χ2n) is 4.29. The topological polar surface area (TPSA) is 35.2 Å². The first-order chi connectivity index (χ1) is 7.16. The third kappa shape index (κ3) is 3.33. The molecule has 1 aromatic rings. The van der Waals surface area contributed by atoms with Crippen LogP contribution in [0, 0.1) is 5.92 Å². The summed E-state index contributed by atoms with van der Waals surface area (Å²) in [4.78, 5) is 0. The van der Waals surface area contributed by atoms with Gasteiger partial charge in [-0.1, -0.05) is 44.2 Å². The van der Waals surface area contributed by atoms with E-state index >= 15 is 0 Å². The lowest BCUT2D eigenvalue weighted by molar-refractivity contribution is 0.161. The zero-order chi connectivity index (χ0) is 11.3. The largest absolute Gasteiger partial charge is 0.384 e. The van der Waals surface area contributed by atoms with Gasteiger partial charge in [0.05, 0.1) is 6.61 Å². The summed E-state index contributed by atoms with van der Waals surface area (Å²) in [5.41, 5.74) is 7.46. The number of ether oxygens (including phenoxy) is 1. The molecular formula is C13H21NO. The van der Waals surface area contributed by atoms with Crippen LogP contribution in [0.1, 0.15) is 25.3 Å². The molecule has 0 amide bonds. The first kappa shape index (κ1) is 12.2. The molecule has 0 heterocycles. The van der Waals surface area contributed by atoms with Crippen LogP contribution < -0.4 is 5.73 Å². The van der Waals surface area contributed by atoms with Crippen molar-refractivity contribution in [1.29, 1.82) is 0 Å². The van der Waals surface area contributed by atoms with E-state index in [1.165, 1.54) is 5.56 Å². The van der Waals surface area contributed by atoms with Crippen molar-refractivity contribution in [1.82, 2.24) is 0 Å². The monoisotopic (exact) mass is 207 g/mol. The molecule has 0 aromatic heterocycles. The Morgan fingerprint density at radius 3 is 2.27 bits per heavy atom. The van der Waals surface area contributed by atoms with Crippen LogP contribution >= 0.6 is 0 Å². The first-order valence-corrected chi connectivity index (χ1v) is 5.46. The molecule has 0 aliphatic carbocycles. The lowest BCUT2D eigenvalue weighted by Crippen LogP contribution is -2.35. The average Bonchev–Trinajstić information content (AvgIpc) is 2.26. The van der Waals surface area contributed by atoms with E-state index in [9.17, 15) is 0 Å². The molecule has 15 heavy (non-hydrogen) atoms. The highest BCUT2D eigenvalue weighted by molar-refractivity contribution is 5.21. The van der Waals surface area contributed by atoms with Gasteiger partial charge >= 0.3 is 0 Å². The van der Waals surface area contributed by atoms with Gasteiger partial charge in [0.15, 0.2) is 0 Å². The maximum atomic E-state index is 6.20. The van der Waals surface area contributed by atoms with E-state index in [0.717, 1.165) is 0 Å². The normalized spacial score (nSPS) is 15.3. The smallest absolute Gasteiger partial charge is 0.0545 e. The molecule has 0 spiro atoms. The van der Waals surface area contributed by atoms with Gasteiger partial charge in [0, 0.05) is 19.1 Å². The molecule has 0 fully saturated rings. The Morgan fingerprint density at radius 1 is 1.20 bits per heavy atom. The summed E-state index contributed by atoms with van der Waals surface area (Å²) >= 11 is 0. The molecule has 0 aliphatic heterocycles. The molecule has 0 saturated carbocycles. The van der Waals surface area contributed by atoms with Crippen molar-refractivity contribution in [3.8, 4) is 0 Å². The first-order valence-electron chi connectivity index (χ1n) is 5.46. The van der Waals surface area contributed by atoms with Crippen molar-refractivity contribution in [3.05, 3.63) is 35.9 Å². The molecule has 0 aliphatic rings. The predicted molar refractivity (Wildman–Crippen MR) is 63.9 cm³/mol. The summed E-state index contributed by atoms with van der Waals surface area (Å²) in [6.45, 7) is 4.98. The minimum atomic E-state index is 0.146. The van der Waals surface area contributed by atoms with Gasteiger partial charge in [0.2, 0.25) is 0 Å². The Bertz CT molecular complexity index is 271. The summed E-state index contributed by atoms with van der Waals surface area (Å²) in [6, 6.07) is 10.5. The maximum absolute atomic E-state index is 6.20. The van der Waals surface area contributed by atoms with Gasteiger partial charge < -0.3 is 10.5 Å². The molecule has 2 heteroatoms. The standard InChI is InChI=1S/C13H21NO/c1-10(2)13(14)12(9-15-3)11-7-5-4-6-8-11/h4-8,10,12-13H,9,14H2,1-3H3. The highest BCUT2D eigenvalue weighted by Crippen LogP contribution is 2.22. The van der Waals surface area contributed by atoms with Crippen LogP contribution in [0.25, 0.3) is 0 Å². The molecule has 1 rings (SSSR count). The van der Waals surface area contributed by atoms with Gasteiger partial charge in [-0.15, -0.1) is 0 Å². The van der Waals surface area contributed by atoms with Gasteiger partial charge in [-0.2, -0.15) is 0 Å². The second-order valence-corrected chi connectivity index (χ2v) is 4.29. The zero-order valence-corrected chi connectivity index (χ0v) is 9.81. The van der Waals surface area contributed by atoms with Gasteiger partial charge in [-0.25, -0.2) is 0 Å². The van der Waals surface area contributed by atoms with Crippen LogP contribution in [0.3, 0.4) is 0 Å². The van der Waals surface area contributed by atoms with Gasteiger partial charge in [0.25, 0.3) is 0 Å². The van der Waals surface area contributed by atoms with E-state index in [4.69, 9.17) is 10.5 Å². The van der Waals surface area contributed by atoms with Crippen LogP contribution in [-0.4, -0.2) is 19.8 Å². The van der Waals surface area contributed by atoms with Crippen molar-refractivity contribution in [3.63, 3.8) is 0 Å². The molecule has 0 radical (unpaired) electrons. The molecule has 0 saturated heterocycles. The molecule has 2 N–H and O–H groups in total. The number of hydrogen-bond donors (Lipinski definition) is 1. The number of nitrogens with two attached hydrogens (primary N) is 1. The fourth-order valence-corrected chi connectivity index (χ4v) is 1.77. The van der Waals surface area contributed by atoms with Crippen molar-refractivity contribution < 1.29 is 4.74 Å². The van der Waals surface area contributed by atoms with Crippen LogP contribution in [-0.2, 0) is 4.74 Å². The van der Waals surface area contributed by atoms with Crippen molar-refractivity contribution >= 4 is 0 Å². The van der Waals surface area contributed by atoms with Crippen molar-refractivity contribution in [2.75, 3.05) is 13.7 Å². The van der Waals surface area contributed by atoms with Crippen LogP contribution in [0.15, 0.2) is 30.3 Å². The minimum Gasteiger partial charge on any atom is -0.384 e.